The number of hydrogen-bond donors (Lipinski definition) is 1. The number of carbonyl (C=O) groups is 1. The molecule has 1 fully saturated rings. The minimum absolute atomic E-state index is 0.252. The molecule has 1 aliphatic rings. The number of ether oxygens (including phenoxy) is 1. The normalized spacial score (nSPS) is 15.9. The fraction of sp³-hybridized carbons (Fsp3) is 0.435. The van der Waals surface area contributed by atoms with Crippen LogP contribution >= 0.6 is 0 Å². The second kappa shape index (κ2) is 9.62. The fourth-order valence-electron chi connectivity index (χ4n) is 3.25. The summed E-state index contributed by atoms with van der Waals surface area (Å²) in [7, 11) is -3.49. The van der Waals surface area contributed by atoms with E-state index in [1.54, 1.807) is 52.8 Å². The summed E-state index contributed by atoms with van der Waals surface area (Å²) in [4.78, 5) is 12.7. The third kappa shape index (κ3) is 5.61. The summed E-state index contributed by atoms with van der Waals surface area (Å²) in [6, 6.07) is 13.3. The van der Waals surface area contributed by atoms with Gasteiger partial charge in [-0.05, 0) is 73.2 Å². The highest BCUT2D eigenvalue weighted by atomic mass is 32.2. The molecule has 1 N–H and O–H groups in total. The van der Waals surface area contributed by atoms with Gasteiger partial charge in [0.2, 0.25) is 10.0 Å². The molecule has 7 heteroatoms. The molecule has 3 rings (SSSR count). The van der Waals surface area contributed by atoms with Crippen LogP contribution in [0.25, 0.3) is 0 Å². The molecule has 6 nitrogen and oxygen atoms in total. The molecule has 0 bridgehead atoms. The van der Waals surface area contributed by atoms with E-state index in [0.717, 1.165) is 18.6 Å². The first-order chi connectivity index (χ1) is 14.3. The van der Waals surface area contributed by atoms with Gasteiger partial charge in [0, 0.05) is 24.3 Å². The summed E-state index contributed by atoms with van der Waals surface area (Å²) in [6.45, 7) is 8.03. The summed E-state index contributed by atoms with van der Waals surface area (Å²) in [5, 5.41) is 2.80. The summed E-state index contributed by atoms with van der Waals surface area (Å²) in [5.74, 6) is 1.45. The number of benzene rings is 2. The number of carbonyl (C=O) groups excluding carboxylic acids is 1. The number of sulfonamides is 1. The lowest BCUT2D eigenvalue weighted by molar-refractivity contribution is 0.102. The lowest BCUT2D eigenvalue weighted by Crippen LogP contribution is -2.37. The molecule has 0 spiro atoms. The Labute approximate surface area is 179 Å². The first-order valence-electron chi connectivity index (χ1n) is 10.4. The highest BCUT2D eigenvalue weighted by Gasteiger charge is 2.27. The van der Waals surface area contributed by atoms with Crippen molar-refractivity contribution in [2.24, 2.45) is 11.8 Å². The Balaban J connectivity index is 1.62. The van der Waals surface area contributed by atoms with E-state index in [1.807, 2.05) is 0 Å². The Bertz CT molecular complexity index is 946. The number of piperidine rings is 1. The molecule has 162 valence electrons. The van der Waals surface area contributed by atoms with E-state index in [0.29, 0.717) is 42.8 Å². The number of rotatable bonds is 7. The van der Waals surface area contributed by atoms with Gasteiger partial charge in [-0.15, -0.1) is 0 Å². The van der Waals surface area contributed by atoms with Gasteiger partial charge in [-0.3, -0.25) is 4.79 Å². The zero-order valence-electron chi connectivity index (χ0n) is 17.8. The van der Waals surface area contributed by atoms with Crippen LogP contribution in [0.5, 0.6) is 5.75 Å². The SMILES string of the molecule is CC(C)COc1ccc(C(=O)Nc2ccc(S(=O)(=O)N3CCC(C)CC3)cc2)cc1. The molecule has 0 aliphatic carbocycles. The summed E-state index contributed by atoms with van der Waals surface area (Å²) in [5.41, 5.74) is 1.05. The third-order valence-electron chi connectivity index (χ3n) is 5.19. The highest BCUT2D eigenvalue weighted by molar-refractivity contribution is 7.89. The van der Waals surface area contributed by atoms with Crippen LogP contribution in [0.2, 0.25) is 0 Å². The van der Waals surface area contributed by atoms with Gasteiger partial charge in [0.05, 0.1) is 11.5 Å². The van der Waals surface area contributed by atoms with E-state index >= 15 is 0 Å². The van der Waals surface area contributed by atoms with Crippen molar-refractivity contribution < 1.29 is 17.9 Å². The van der Waals surface area contributed by atoms with Crippen LogP contribution in [0.15, 0.2) is 53.4 Å². The molecule has 1 saturated heterocycles. The minimum atomic E-state index is -3.49. The van der Waals surface area contributed by atoms with Gasteiger partial charge in [0.15, 0.2) is 0 Å². The van der Waals surface area contributed by atoms with Crippen molar-refractivity contribution in [3.63, 3.8) is 0 Å². The quantitative estimate of drug-likeness (QED) is 0.707. The maximum absolute atomic E-state index is 12.8. The molecule has 2 aromatic rings. The van der Waals surface area contributed by atoms with Gasteiger partial charge >= 0.3 is 0 Å². The van der Waals surface area contributed by atoms with Crippen LogP contribution in [0.1, 0.15) is 44.0 Å². The molecule has 1 aliphatic heterocycles. The van der Waals surface area contributed by atoms with Crippen LogP contribution in [-0.2, 0) is 10.0 Å². The van der Waals surface area contributed by atoms with Crippen LogP contribution in [0.4, 0.5) is 5.69 Å². The molecule has 2 aromatic carbocycles. The summed E-state index contributed by atoms with van der Waals surface area (Å²) in [6.07, 6.45) is 1.77. The first-order valence-corrected chi connectivity index (χ1v) is 11.8. The number of hydrogen-bond acceptors (Lipinski definition) is 4. The standard InChI is InChI=1S/C23H30N2O4S/c1-17(2)16-29-21-8-4-19(5-9-21)23(26)24-20-6-10-22(11-7-20)30(27,28)25-14-12-18(3)13-15-25/h4-11,17-18H,12-16H2,1-3H3,(H,24,26). The van der Waals surface area contributed by atoms with Crippen molar-refractivity contribution in [2.75, 3.05) is 25.0 Å². The second-order valence-electron chi connectivity index (χ2n) is 8.29. The Hall–Kier alpha value is -2.38. The van der Waals surface area contributed by atoms with E-state index in [1.165, 1.54) is 0 Å². The molecular formula is C23H30N2O4S. The number of amides is 1. The molecule has 0 aromatic heterocycles. The zero-order chi connectivity index (χ0) is 21.7. The fourth-order valence-corrected chi connectivity index (χ4v) is 4.72. The summed E-state index contributed by atoms with van der Waals surface area (Å²) < 4.78 is 32.8. The van der Waals surface area contributed by atoms with E-state index in [4.69, 9.17) is 4.74 Å². The van der Waals surface area contributed by atoms with Gasteiger partial charge in [-0.1, -0.05) is 20.8 Å². The van der Waals surface area contributed by atoms with E-state index in [2.05, 4.69) is 26.1 Å². The molecular weight excluding hydrogens is 400 g/mol. The van der Waals surface area contributed by atoms with Crippen molar-refractivity contribution in [2.45, 2.75) is 38.5 Å². The van der Waals surface area contributed by atoms with Crippen LogP contribution in [0.3, 0.4) is 0 Å². The molecule has 1 amide bonds. The molecule has 0 atom stereocenters. The smallest absolute Gasteiger partial charge is 0.255 e. The van der Waals surface area contributed by atoms with Gasteiger partial charge < -0.3 is 10.1 Å². The van der Waals surface area contributed by atoms with Gasteiger partial charge in [-0.25, -0.2) is 8.42 Å². The largest absolute Gasteiger partial charge is 0.493 e. The van der Waals surface area contributed by atoms with Crippen molar-refractivity contribution in [1.82, 2.24) is 4.31 Å². The Kier molecular flexibility index (Phi) is 7.15. The molecule has 0 radical (unpaired) electrons. The lowest BCUT2D eigenvalue weighted by atomic mass is 10.0. The van der Waals surface area contributed by atoms with Crippen molar-refractivity contribution >= 4 is 21.6 Å². The maximum atomic E-state index is 12.8. The van der Waals surface area contributed by atoms with E-state index in [-0.39, 0.29) is 10.8 Å². The third-order valence-corrected chi connectivity index (χ3v) is 7.11. The Morgan fingerprint density at radius 1 is 1.07 bits per heavy atom. The Morgan fingerprint density at radius 2 is 1.67 bits per heavy atom. The Morgan fingerprint density at radius 3 is 2.23 bits per heavy atom. The highest BCUT2D eigenvalue weighted by Crippen LogP contribution is 2.24. The van der Waals surface area contributed by atoms with Crippen LogP contribution in [0, 0.1) is 11.8 Å². The number of anilines is 1. The van der Waals surface area contributed by atoms with Crippen molar-refractivity contribution in [3.8, 4) is 5.75 Å². The van der Waals surface area contributed by atoms with Crippen LogP contribution in [-0.4, -0.2) is 38.3 Å². The van der Waals surface area contributed by atoms with E-state index in [9.17, 15) is 13.2 Å². The first kappa shape index (κ1) is 22.3. The average Bonchev–Trinajstić information content (AvgIpc) is 2.73. The van der Waals surface area contributed by atoms with Crippen molar-refractivity contribution in [3.05, 3.63) is 54.1 Å². The topological polar surface area (TPSA) is 75.7 Å². The van der Waals surface area contributed by atoms with E-state index < -0.39 is 10.0 Å². The average molecular weight is 431 g/mol. The minimum Gasteiger partial charge on any atom is -0.493 e. The zero-order valence-corrected chi connectivity index (χ0v) is 18.6. The number of nitrogens with one attached hydrogen (secondary N) is 1. The molecule has 0 unspecified atom stereocenters. The van der Waals surface area contributed by atoms with Crippen LogP contribution < -0.4 is 10.1 Å². The lowest BCUT2D eigenvalue weighted by Gasteiger charge is -2.29. The molecule has 1 heterocycles. The summed E-state index contributed by atoms with van der Waals surface area (Å²) >= 11 is 0. The molecule has 0 saturated carbocycles. The van der Waals surface area contributed by atoms with Gasteiger partial charge in [0.1, 0.15) is 5.75 Å². The monoisotopic (exact) mass is 430 g/mol. The van der Waals surface area contributed by atoms with Gasteiger partial charge in [-0.2, -0.15) is 4.31 Å². The maximum Gasteiger partial charge on any atom is 0.255 e. The molecule has 30 heavy (non-hydrogen) atoms. The van der Waals surface area contributed by atoms with Gasteiger partial charge in [0.25, 0.3) is 5.91 Å². The predicted octanol–water partition coefficient (Wildman–Crippen LogP) is 4.39. The second-order valence-corrected chi connectivity index (χ2v) is 10.2. The predicted molar refractivity (Wildman–Crippen MR) is 118 cm³/mol. The number of nitrogens with zero attached hydrogens (tertiary/aromatic N) is 1. The van der Waals surface area contributed by atoms with Crippen molar-refractivity contribution in [1.29, 1.82) is 0 Å².